The average molecular weight is 352 g/mol. The summed E-state index contributed by atoms with van der Waals surface area (Å²) in [6.45, 7) is 11.0. The van der Waals surface area contributed by atoms with Crippen molar-refractivity contribution in [3.63, 3.8) is 0 Å². The Balaban J connectivity index is 2.46. The summed E-state index contributed by atoms with van der Waals surface area (Å²) in [5, 5.41) is 0.800. The molecule has 1 atom stereocenters. The number of hydrogen-bond acceptors (Lipinski definition) is 2. The molecule has 0 N–H and O–H groups in total. The molecule has 2 rings (SSSR count). The lowest BCUT2D eigenvalue weighted by atomic mass is 9.81. The van der Waals surface area contributed by atoms with Crippen molar-refractivity contribution in [2.24, 2.45) is 11.3 Å². The molecule has 1 amide bonds. The van der Waals surface area contributed by atoms with Crippen LogP contribution in [-0.2, 0) is 4.79 Å². The minimum atomic E-state index is -0.395. The van der Waals surface area contributed by atoms with Crippen molar-refractivity contribution in [2.45, 2.75) is 34.6 Å². The monoisotopic (exact) mass is 351 g/mol. The second-order valence-corrected chi connectivity index (χ2v) is 7.51. The zero-order valence-electron chi connectivity index (χ0n) is 13.3. The van der Waals surface area contributed by atoms with E-state index >= 15 is 0 Å². The van der Waals surface area contributed by atoms with E-state index < -0.39 is 5.91 Å². The van der Waals surface area contributed by atoms with Gasteiger partial charge in [-0.3, -0.25) is 9.59 Å². The second kappa shape index (κ2) is 5.56. The largest absolute Gasteiger partial charge is 0.304 e. The molecular weight excluding hydrogens is 330 g/mol. The zero-order chi connectivity index (χ0) is 15.9. The van der Waals surface area contributed by atoms with Gasteiger partial charge in [-0.25, -0.2) is 0 Å². The Labute approximate surface area is 134 Å². The number of anilines is 1. The third kappa shape index (κ3) is 2.78. The molecule has 1 aliphatic heterocycles. The van der Waals surface area contributed by atoms with Gasteiger partial charge in [0.1, 0.15) is 0 Å². The molecule has 0 saturated heterocycles. The normalized spacial score (nSPS) is 16.4. The van der Waals surface area contributed by atoms with Crippen LogP contribution in [-0.4, -0.2) is 23.6 Å². The molecule has 4 heteroatoms. The standard InChI is InChI=1S/C17H22BrNO2/c1-10-6-7-13-14(11(10)2)19(16(21)15(13)20)9-12(8-18)17(3,4)5/h6-7,12H,8-9H2,1-5H3. The summed E-state index contributed by atoms with van der Waals surface area (Å²) in [5.41, 5.74) is 3.54. The summed E-state index contributed by atoms with van der Waals surface area (Å²) < 4.78 is 0. The molecule has 0 radical (unpaired) electrons. The molecule has 1 heterocycles. The van der Waals surface area contributed by atoms with E-state index in [1.807, 2.05) is 19.9 Å². The first-order valence-corrected chi connectivity index (χ1v) is 8.33. The lowest BCUT2D eigenvalue weighted by Gasteiger charge is -2.33. The highest BCUT2D eigenvalue weighted by molar-refractivity contribution is 9.09. The van der Waals surface area contributed by atoms with E-state index in [2.05, 4.69) is 36.7 Å². The van der Waals surface area contributed by atoms with Crippen LogP contribution in [0.5, 0.6) is 0 Å². The lowest BCUT2D eigenvalue weighted by Crippen LogP contribution is -2.39. The number of nitrogens with zero attached hydrogens (tertiary/aromatic N) is 1. The van der Waals surface area contributed by atoms with Crippen LogP contribution in [0, 0.1) is 25.2 Å². The Morgan fingerprint density at radius 1 is 1.19 bits per heavy atom. The van der Waals surface area contributed by atoms with E-state index in [1.165, 1.54) is 0 Å². The minimum absolute atomic E-state index is 0.0628. The molecular formula is C17H22BrNO2. The summed E-state index contributed by atoms with van der Waals surface area (Å²) in [4.78, 5) is 26.2. The average Bonchev–Trinajstić information content (AvgIpc) is 2.63. The number of rotatable bonds is 3. The molecule has 1 aromatic carbocycles. The fraction of sp³-hybridized carbons (Fsp3) is 0.529. The summed E-state index contributed by atoms with van der Waals surface area (Å²) in [6.07, 6.45) is 0. The number of fused-ring (bicyclic) bond motifs is 1. The Morgan fingerprint density at radius 3 is 2.33 bits per heavy atom. The number of halogens is 1. The molecule has 0 bridgehead atoms. The fourth-order valence-corrected chi connectivity index (χ4v) is 3.80. The topological polar surface area (TPSA) is 37.4 Å². The summed E-state index contributed by atoms with van der Waals surface area (Å²) in [5.74, 6) is -0.496. The molecule has 0 spiro atoms. The molecule has 114 valence electrons. The first-order chi connectivity index (χ1) is 9.68. The van der Waals surface area contributed by atoms with Gasteiger partial charge < -0.3 is 4.90 Å². The fourth-order valence-electron chi connectivity index (χ4n) is 2.62. The molecule has 3 nitrogen and oxygen atoms in total. The first-order valence-electron chi connectivity index (χ1n) is 7.20. The van der Waals surface area contributed by atoms with Gasteiger partial charge in [0, 0.05) is 11.9 Å². The molecule has 0 aliphatic carbocycles. The third-order valence-electron chi connectivity index (χ3n) is 4.47. The number of ketones is 1. The van der Waals surface area contributed by atoms with Gasteiger partial charge in [-0.1, -0.05) is 42.8 Å². The quantitative estimate of drug-likeness (QED) is 0.611. The highest BCUT2D eigenvalue weighted by Crippen LogP contribution is 2.37. The van der Waals surface area contributed by atoms with Crippen molar-refractivity contribution >= 4 is 33.3 Å². The van der Waals surface area contributed by atoms with Crippen molar-refractivity contribution in [3.05, 3.63) is 28.8 Å². The number of alkyl halides is 1. The molecule has 1 unspecified atom stereocenters. The number of aryl methyl sites for hydroxylation is 1. The van der Waals surface area contributed by atoms with Crippen molar-refractivity contribution in [1.82, 2.24) is 0 Å². The van der Waals surface area contributed by atoms with Crippen LogP contribution in [0.2, 0.25) is 0 Å². The van der Waals surface area contributed by atoms with E-state index in [0.717, 1.165) is 22.1 Å². The Hall–Kier alpha value is -1.16. The Bertz CT molecular complexity index is 602. The Kier molecular flexibility index (Phi) is 4.29. The predicted molar refractivity (Wildman–Crippen MR) is 89.3 cm³/mol. The highest BCUT2D eigenvalue weighted by Gasteiger charge is 2.39. The van der Waals surface area contributed by atoms with Crippen molar-refractivity contribution in [2.75, 3.05) is 16.8 Å². The molecule has 0 aromatic heterocycles. The first kappa shape index (κ1) is 16.2. The van der Waals surface area contributed by atoms with Gasteiger partial charge >= 0.3 is 0 Å². The van der Waals surface area contributed by atoms with Crippen LogP contribution in [0.3, 0.4) is 0 Å². The summed E-state index contributed by atoms with van der Waals surface area (Å²) in [7, 11) is 0. The van der Waals surface area contributed by atoms with Gasteiger partial charge in [0.25, 0.3) is 11.7 Å². The zero-order valence-corrected chi connectivity index (χ0v) is 14.9. The molecule has 0 saturated carbocycles. The third-order valence-corrected chi connectivity index (χ3v) is 5.25. The van der Waals surface area contributed by atoms with Crippen LogP contribution >= 0.6 is 15.9 Å². The van der Waals surface area contributed by atoms with Gasteiger partial charge in [0.05, 0.1) is 11.3 Å². The summed E-state index contributed by atoms with van der Waals surface area (Å²) >= 11 is 3.54. The maximum Gasteiger partial charge on any atom is 0.299 e. The molecule has 21 heavy (non-hydrogen) atoms. The number of carbonyl (C=O) groups excluding carboxylic acids is 2. The van der Waals surface area contributed by atoms with Gasteiger partial charge in [-0.2, -0.15) is 0 Å². The van der Waals surface area contributed by atoms with Crippen LogP contribution in [0.25, 0.3) is 0 Å². The molecule has 0 fully saturated rings. The Morgan fingerprint density at radius 2 is 1.81 bits per heavy atom. The predicted octanol–water partition coefficient (Wildman–Crippen LogP) is 3.89. The maximum atomic E-state index is 12.4. The SMILES string of the molecule is Cc1ccc2c(c1C)N(CC(CBr)C(C)(C)C)C(=O)C2=O. The van der Waals surface area contributed by atoms with Crippen molar-refractivity contribution in [3.8, 4) is 0 Å². The number of carbonyl (C=O) groups is 2. The molecule has 1 aliphatic rings. The minimum Gasteiger partial charge on any atom is -0.304 e. The van der Waals surface area contributed by atoms with Crippen molar-refractivity contribution < 1.29 is 9.59 Å². The van der Waals surface area contributed by atoms with Crippen LogP contribution < -0.4 is 4.90 Å². The van der Waals surface area contributed by atoms with Crippen LogP contribution in [0.15, 0.2) is 12.1 Å². The van der Waals surface area contributed by atoms with Gasteiger partial charge in [-0.05, 0) is 42.4 Å². The van der Waals surface area contributed by atoms with E-state index in [0.29, 0.717) is 12.1 Å². The van der Waals surface area contributed by atoms with Gasteiger partial charge in [0.2, 0.25) is 0 Å². The molecule has 1 aromatic rings. The van der Waals surface area contributed by atoms with Crippen molar-refractivity contribution in [1.29, 1.82) is 0 Å². The summed E-state index contributed by atoms with van der Waals surface area (Å²) in [6, 6.07) is 3.69. The number of benzene rings is 1. The van der Waals surface area contributed by atoms with E-state index in [9.17, 15) is 9.59 Å². The van der Waals surface area contributed by atoms with E-state index in [1.54, 1.807) is 11.0 Å². The smallest absolute Gasteiger partial charge is 0.299 e. The van der Waals surface area contributed by atoms with Crippen LogP contribution in [0.1, 0.15) is 42.3 Å². The van der Waals surface area contributed by atoms with Crippen LogP contribution in [0.4, 0.5) is 5.69 Å². The number of hydrogen-bond donors (Lipinski definition) is 0. The lowest BCUT2D eigenvalue weighted by molar-refractivity contribution is -0.114. The van der Waals surface area contributed by atoms with E-state index in [4.69, 9.17) is 0 Å². The van der Waals surface area contributed by atoms with E-state index in [-0.39, 0.29) is 17.1 Å². The van der Waals surface area contributed by atoms with Gasteiger partial charge in [0.15, 0.2) is 0 Å². The second-order valence-electron chi connectivity index (χ2n) is 6.87. The number of amides is 1. The highest BCUT2D eigenvalue weighted by atomic mass is 79.9. The van der Waals surface area contributed by atoms with Gasteiger partial charge in [-0.15, -0.1) is 0 Å². The maximum absolute atomic E-state index is 12.4. The number of Topliss-reactive ketones (excluding diaryl/α,β-unsaturated/α-hetero) is 1.